The van der Waals surface area contributed by atoms with E-state index in [1.807, 2.05) is 0 Å². The van der Waals surface area contributed by atoms with Gasteiger partial charge in [0.25, 0.3) is 0 Å². The molecular formula is C19H38N2O. The molecule has 0 amide bonds. The van der Waals surface area contributed by atoms with Crippen LogP contribution < -0.4 is 0 Å². The zero-order valence-electron chi connectivity index (χ0n) is 15.8. The van der Waals surface area contributed by atoms with E-state index in [0.29, 0.717) is 5.54 Å². The van der Waals surface area contributed by atoms with Gasteiger partial charge in [0.05, 0.1) is 12.2 Å². The molecule has 0 aromatic carbocycles. The molecule has 0 radical (unpaired) electrons. The molecule has 1 saturated carbocycles. The highest BCUT2D eigenvalue weighted by Crippen LogP contribution is 2.32. The lowest BCUT2D eigenvalue weighted by Gasteiger charge is -2.42. The van der Waals surface area contributed by atoms with Crippen molar-refractivity contribution >= 4 is 0 Å². The lowest BCUT2D eigenvalue weighted by atomic mass is 10.0. The molecule has 1 aliphatic carbocycles. The van der Waals surface area contributed by atoms with E-state index in [0.717, 1.165) is 18.4 Å². The van der Waals surface area contributed by atoms with Crippen molar-refractivity contribution in [2.45, 2.75) is 71.9 Å². The molecule has 1 saturated heterocycles. The van der Waals surface area contributed by atoms with Crippen molar-refractivity contribution in [3.63, 3.8) is 0 Å². The van der Waals surface area contributed by atoms with Crippen molar-refractivity contribution in [2.75, 3.05) is 39.3 Å². The van der Waals surface area contributed by atoms with Gasteiger partial charge in [-0.05, 0) is 72.6 Å². The van der Waals surface area contributed by atoms with Crippen LogP contribution in [0.25, 0.3) is 0 Å². The minimum atomic E-state index is 0.0152. The van der Waals surface area contributed by atoms with Gasteiger partial charge in [-0.15, -0.1) is 0 Å². The van der Waals surface area contributed by atoms with Gasteiger partial charge >= 0.3 is 0 Å². The third kappa shape index (κ3) is 5.82. The van der Waals surface area contributed by atoms with Gasteiger partial charge in [0.15, 0.2) is 0 Å². The molecule has 1 heterocycles. The minimum Gasteiger partial charge on any atom is -0.376 e. The van der Waals surface area contributed by atoms with Gasteiger partial charge < -0.3 is 9.64 Å². The smallest absolute Gasteiger partial charge is 0.0598 e. The summed E-state index contributed by atoms with van der Waals surface area (Å²) < 4.78 is 5.98. The number of rotatable bonds is 4. The zero-order valence-corrected chi connectivity index (χ0v) is 15.8. The Morgan fingerprint density at radius 2 is 1.45 bits per heavy atom. The maximum absolute atomic E-state index is 5.98. The Bertz CT molecular complexity index is 334. The van der Waals surface area contributed by atoms with E-state index in [1.165, 1.54) is 52.0 Å². The van der Waals surface area contributed by atoms with Crippen molar-refractivity contribution < 1.29 is 4.74 Å². The average Bonchev–Trinajstić information content (AvgIpc) is 2.83. The molecule has 2 aliphatic rings. The number of hydrogen-bond acceptors (Lipinski definition) is 3. The van der Waals surface area contributed by atoms with Crippen molar-refractivity contribution in [2.24, 2.45) is 11.8 Å². The summed E-state index contributed by atoms with van der Waals surface area (Å²) in [5.41, 5.74) is 0.343. The molecule has 0 bridgehead atoms. The monoisotopic (exact) mass is 310 g/mol. The van der Waals surface area contributed by atoms with Crippen LogP contribution in [0.4, 0.5) is 0 Å². The van der Waals surface area contributed by atoms with E-state index in [-0.39, 0.29) is 5.60 Å². The summed E-state index contributed by atoms with van der Waals surface area (Å²) in [4.78, 5) is 5.32. The SMILES string of the molecule is CC(C)(C)OCC1CCC(CN2CCN(C(C)(C)C)CC2)C1. The topological polar surface area (TPSA) is 15.7 Å². The Kier molecular flexibility index (Phi) is 5.95. The molecule has 0 spiro atoms. The van der Waals surface area contributed by atoms with Crippen LogP contribution in [-0.2, 0) is 4.74 Å². The summed E-state index contributed by atoms with van der Waals surface area (Å²) in [5.74, 6) is 1.69. The summed E-state index contributed by atoms with van der Waals surface area (Å²) in [6, 6.07) is 0. The molecule has 2 rings (SSSR count). The third-order valence-electron chi connectivity index (χ3n) is 5.24. The van der Waals surface area contributed by atoms with Crippen LogP contribution in [0.5, 0.6) is 0 Å². The molecule has 2 atom stereocenters. The second-order valence-corrected chi connectivity index (χ2v) is 9.43. The molecule has 0 aromatic heterocycles. The first-order valence-electron chi connectivity index (χ1n) is 9.25. The molecule has 0 aromatic rings. The average molecular weight is 311 g/mol. The first kappa shape index (κ1) is 18.2. The fraction of sp³-hybridized carbons (Fsp3) is 1.00. The van der Waals surface area contributed by atoms with E-state index in [2.05, 4.69) is 51.3 Å². The number of nitrogens with zero attached hydrogens (tertiary/aromatic N) is 2. The highest BCUT2D eigenvalue weighted by molar-refractivity contribution is 4.84. The Hall–Kier alpha value is -0.120. The summed E-state index contributed by atoms with van der Waals surface area (Å²) in [6.45, 7) is 20.7. The van der Waals surface area contributed by atoms with Crippen LogP contribution in [0.15, 0.2) is 0 Å². The van der Waals surface area contributed by atoms with E-state index < -0.39 is 0 Å². The van der Waals surface area contributed by atoms with Crippen LogP contribution in [-0.4, -0.2) is 60.3 Å². The number of ether oxygens (including phenoxy) is 1. The zero-order chi connectivity index (χ0) is 16.4. The molecule has 2 fully saturated rings. The van der Waals surface area contributed by atoms with E-state index in [1.54, 1.807) is 0 Å². The summed E-state index contributed by atoms with van der Waals surface area (Å²) >= 11 is 0. The maximum Gasteiger partial charge on any atom is 0.0598 e. The van der Waals surface area contributed by atoms with Crippen molar-refractivity contribution in [3.8, 4) is 0 Å². The molecule has 22 heavy (non-hydrogen) atoms. The predicted octanol–water partition coefficient (Wildman–Crippen LogP) is 3.63. The Morgan fingerprint density at radius 3 is 2.00 bits per heavy atom. The van der Waals surface area contributed by atoms with Crippen LogP contribution >= 0.6 is 0 Å². The Morgan fingerprint density at radius 1 is 0.864 bits per heavy atom. The highest BCUT2D eigenvalue weighted by atomic mass is 16.5. The van der Waals surface area contributed by atoms with Crippen LogP contribution in [0, 0.1) is 11.8 Å². The quantitative estimate of drug-likeness (QED) is 0.788. The fourth-order valence-corrected chi connectivity index (χ4v) is 3.83. The van der Waals surface area contributed by atoms with Gasteiger partial charge in [-0.2, -0.15) is 0 Å². The van der Waals surface area contributed by atoms with Gasteiger partial charge in [0, 0.05) is 38.3 Å². The van der Waals surface area contributed by atoms with Crippen molar-refractivity contribution in [1.29, 1.82) is 0 Å². The Balaban J connectivity index is 1.67. The highest BCUT2D eigenvalue weighted by Gasteiger charge is 2.30. The van der Waals surface area contributed by atoms with Crippen molar-refractivity contribution in [3.05, 3.63) is 0 Å². The summed E-state index contributed by atoms with van der Waals surface area (Å²) in [6.07, 6.45) is 4.13. The van der Waals surface area contributed by atoms with E-state index in [4.69, 9.17) is 4.74 Å². The third-order valence-corrected chi connectivity index (χ3v) is 5.24. The summed E-state index contributed by atoms with van der Waals surface area (Å²) in [5, 5.41) is 0. The molecule has 3 nitrogen and oxygen atoms in total. The standard InChI is InChI=1S/C19H38N2O/c1-18(2,3)21-11-9-20(10-12-21)14-16-7-8-17(13-16)15-22-19(4,5)6/h16-17H,7-15H2,1-6H3. The molecule has 130 valence electrons. The van der Waals surface area contributed by atoms with Gasteiger partial charge in [0.2, 0.25) is 0 Å². The summed E-state index contributed by atoms with van der Waals surface area (Å²) in [7, 11) is 0. The van der Waals surface area contributed by atoms with Gasteiger partial charge in [0.1, 0.15) is 0 Å². The largest absolute Gasteiger partial charge is 0.376 e. The lowest BCUT2D eigenvalue weighted by molar-refractivity contribution is -0.0220. The molecule has 3 heteroatoms. The molecular weight excluding hydrogens is 272 g/mol. The first-order valence-corrected chi connectivity index (χ1v) is 9.25. The Labute approximate surface area is 138 Å². The van der Waals surface area contributed by atoms with Crippen molar-refractivity contribution in [1.82, 2.24) is 9.80 Å². The second kappa shape index (κ2) is 7.19. The van der Waals surface area contributed by atoms with Crippen LogP contribution in [0.2, 0.25) is 0 Å². The second-order valence-electron chi connectivity index (χ2n) is 9.43. The number of piperazine rings is 1. The van der Waals surface area contributed by atoms with Gasteiger partial charge in [-0.3, -0.25) is 4.90 Å². The first-order chi connectivity index (χ1) is 10.1. The fourth-order valence-electron chi connectivity index (χ4n) is 3.83. The van der Waals surface area contributed by atoms with Gasteiger partial charge in [-0.25, -0.2) is 0 Å². The van der Waals surface area contributed by atoms with E-state index >= 15 is 0 Å². The molecule has 1 aliphatic heterocycles. The molecule has 0 N–H and O–H groups in total. The minimum absolute atomic E-state index is 0.0152. The normalized spacial score (nSPS) is 29.2. The number of hydrogen-bond donors (Lipinski definition) is 0. The van der Waals surface area contributed by atoms with Crippen LogP contribution in [0.3, 0.4) is 0 Å². The van der Waals surface area contributed by atoms with E-state index in [9.17, 15) is 0 Å². The van der Waals surface area contributed by atoms with Gasteiger partial charge in [-0.1, -0.05) is 0 Å². The van der Waals surface area contributed by atoms with Crippen LogP contribution in [0.1, 0.15) is 60.8 Å². The molecule has 2 unspecified atom stereocenters. The lowest BCUT2D eigenvalue weighted by Crippen LogP contribution is -2.53. The predicted molar refractivity (Wildman–Crippen MR) is 94.3 cm³/mol. The maximum atomic E-state index is 5.98.